The molecule has 0 aliphatic carbocycles. The zero-order valence-electron chi connectivity index (χ0n) is 15.9. The third-order valence-corrected chi connectivity index (χ3v) is 5.26. The van der Waals surface area contributed by atoms with Gasteiger partial charge < -0.3 is 5.32 Å². The summed E-state index contributed by atoms with van der Waals surface area (Å²) in [5.41, 5.74) is 2.75. The number of hydrogen-bond acceptors (Lipinski definition) is 4. The van der Waals surface area contributed by atoms with Crippen LogP contribution in [0, 0.1) is 0 Å². The standard InChI is InChI=1S/C22H23N3O3S/c23-29(27,28)21-13-11-20(12-14-21)24-22(26)17-25(15-18-7-3-1-4-8-18)16-19-9-5-2-6-10-19/h1-14H,15-17H2,(H,24,26)(H2,23,27,28). The molecule has 0 saturated carbocycles. The second kappa shape index (κ2) is 9.47. The lowest BCUT2D eigenvalue weighted by molar-refractivity contribution is -0.117. The molecular weight excluding hydrogens is 386 g/mol. The highest BCUT2D eigenvalue weighted by molar-refractivity contribution is 7.89. The molecule has 0 atom stereocenters. The van der Waals surface area contributed by atoms with Gasteiger partial charge in [0.2, 0.25) is 15.9 Å². The zero-order chi connectivity index (χ0) is 20.7. The molecule has 0 bridgehead atoms. The largest absolute Gasteiger partial charge is 0.325 e. The molecule has 0 heterocycles. The smallest absolute Gasteiger partial charge is 0.238 e. The van der Waals surface area contributed by atoms with Gasteiger partial charge in [-0.1, -0.05) is 60.7 Å². The predicted octanol–water partition coefficient (Wildman–Crippen LogP) is 2.97. The summed E-state index contributed by atoms with van der Waals surface area (Å²) in [6.07, 6.45) is 0. The van der Waals surface area contributed by atoms with Crippen LogP contribution in [-0.4, -0.2) is 25.8 Å². The Morgan fingerprint density at radius 3 is 1.72 bits per heavy atom. The van der Waals surface area contributed by atoms with E-state index in [9.17, 15) is 13.2 Å². The summed E-state index contributed by atoms with van der Waals surface area (Å²) in [5, 5.41) is 7.91. The minimum absolute atomic E-state index is 0.00489. The summed E-state index contributed by atoms with van der Waals surface area (Å²) in [7, 11) is -3.76. The number of amides is 1. The molecule has 7 heteroatoms. The second-order valence-corrected chi connectivity index (χ2v) is 8.30. The van der Waals surface area contributed by atoms with Crippen LogP contribution in [-0.2, 0) is 27.9 Å². The van der Waals surface area contributed by atoms with E-state index < -0.39 is 10.0 Å². The molecule has 0 spiro atoms. The van der Waals surface area contributed by atoms with Crippen LogP contribution in [0.5, 0.6) is 0 Å². The Morgan fingerprint density at radius 1 is 0.793 bits per heavy atom. The van der Waals surface area contributed by atoms with Gasteiger partial charge in [0.05, 0.1) is 11.4 Å². The van der Waals surface area contributed by atoms with Crippen LogP contribution in [0.25, 0.3) is 0 Å². The van der Waals surface area contributed by atoms with Gasteiger partial charge in [-0.25, -0.2) is 13.6 Å². The van der Waals surface area contributed by atoms with Crippen molar-refractivity contribution >= 4 is 21.6 Å². The van der Waals surface area contributed by atoms with E-state index in [-0.39, 0.29) is 17.3 Å². The number of sulfonamides is 1. The first-order chi connectivity index (χ1) is 13.9. The first-order valence-electron chi connectivity index (χ1n) is 9.13. The first kappa shape index (κ1) is 20.7. The van der Waals surface area contributed by atoms with Crippen molar-refractivity contribution in [3.05, 3.63) is 96.1 Å². The average molecular weight is 410 g/mol. The molecule has 0 radical (unpaired) electrons. The van der Waals surface area contributed by atoms with Crippen molar-refractivity contribution in [2.75, 3.05) is 11.9 Å². The molecule has 0 saturated heterocycles. The number of nitrogens with one attached hydrogen (secondary N) is 1. The Labute approximate surface area is 171 Å². The quantitative estimate of drug-likeness (QED) is 0.598. The summed E-state index contributed by atoms with van der Waals surface area (Å²) in [6, 6.07) is 25.7. The van der Waals surface area contributed by atoms with Crippen molar-refractivity contribution in [3.8, 4) is 0 Å². The Morgan fingerprint density at radius 2 is 1.28 bits per heavy atom. The molecule has 3 rings (SSSR count). The summed E-state index contributed by atoms with van der Waals surface area (Å²) in [4.78, 5) is 14.6. The maximum Gasteiger partial charge on any atom is 0.238 e. The maximum absolute atomic E-state index is 12.6. The Kier molecular flexibility index (Phi) is 6.77. The van der Waals surface area contributed by atoms with Gasteiger partial charge in [-0.05, 0) is 35.4 Å². The lowest BCUT2D eigenvalue weighted by atomic mass is 10.1. The van der Waals surface area contributed by atoms with Crippen molar-refractivity contribution in [1.29, 1.82) is 0 Å². The lowest BCUT2D eigenvalue weighted by Crippen LogP contribution is -2.32. The van der Waals surface area contributed by atoms with Crippen LogP contribution in [0.3, 0.4) is 0 Å². The number of benzene rings is 3. The number of carbonyl (C=O) groups is 1. The van der Waals surface area contributed by atoms with Crippen molar-refractivity contribution in [3.63, 3.8) is 0 Å². The van der Waals surface area contributed by atoms with Gasteiger partial charge in [-0.3, -0.25) is 9.69 Å². The fourth-order valence-electron chi connectivity index (χ4n) is 2.98. The Balaban J connectivity index is 1.68. The molecule has 0 unspecified atom stereocenters. The van der Waals surface area contributed by atoms with E-state index in [4.69, 9.17) is 5.14 Å². The minimum atomic E-state index is -3.76. The number of nitrogens with two attached hydrogens (primary N) is 1. The SMILES string of the molecule is NS(=O)(=O)c1ccc(NC(=O)CN(Cc2ccccc2)Cc2ccccc2)cc1. The monoisotopic (exact) mass is 409 g/mol. The number of nitrogens with zero attached hydrogens (tertiary/aromatic N) is 1. The minimum Gasteiger partial charge on any atom is -0.325 e. The lowest BCUT2D eigenvalue weighted by Gasteiger charge is -2.22. The summed E-state index contributed by atoms with van der Waals surface area (Å²) >= 11 is 0. The van der Waals surface area contributed by atoms with Crippen LogP contribution >= 0.6 is 0 Å². The average Bonchev–Trinajstić information content (AvgIpc) is 2.69. The molecule has 3 N–H and O–H groups in total. The van der Waals surface area contributed by atoms with Crippen LogP contribution < -0.4 is 10.5 Å². The molecular formula is C22H23N3O3S. The Hall–Kier alpha value is -3.00. The molecule has 0 fully saturated rings. The topological polar surface area (TPSA) is 92.5 Å². The number of carbonyl (C=O) groups excluding carboxylic acids is 1. The fourth-order valence-corrected chi connectivity index (χ4v) is 3.50. The number of primary sulfonamides is 1. The van der Waals surface area contributed by atoms with E-state index in [1.165, 1.54) is 24.3 Å². The van der Waals surface area contributed by atoms with E-state index in [1.807, 2.05) is 60.7 Å². The maximum atomic E-state index is 12.6. The predicted molar refractivity (Wildman–Crippen MR) is 113 cm³/mol. The van der Waals surface area contributed by atoms with Crippen molar-refractivity contribution < 1.29 is 13.2 Å². The van der Waals surface area contributed by atoms with E-state index in [0.717, 1.165) is 11.1 Å². The molecule has 0 aromatic heterocycles. The van der Waals surface area contributed by atoms with Crippen LogP contribution in [0.15, 0.2) is 89.8 Å². The molecule has 6 nitrogen and oxygen atoms in total. The molecule has 150 valence electrons. The van der Waals surface area contributed by atoms with Crippen molar-refractivity contribution in [1.82, 2.24) is 4.90 Å². The fraction of sp³-hybridized carbons (Fsp3) is 0.136. The highest BCUT2D eigenvalue weighted by Gasteiger charge is 2.13. The van der Waals surface area contributed by atoms with Gasteiger partial charge in [0.25, 0.3) is 0 Å². The van der Waals surface area contributed by atoms with Crippen molar-refractivity contribution in [2.45, 2.75) is 18.0 Å². The van der Waals surface area contributed by atoms with Crippen molar-refractivity contribution in [2.24, 2.45) is 5.14 Å². The molecule has 0 aliphatic heterocycles. The Bertz CT molecular complexity index is 996. The van der Waals surface area contributed by atoms with Gasteiger partial charge in [0, 0.05) is 18.8 Å². The third-order valence-electron chi connectivity index (χ3n) is 4.33. The highest BCUT2D eigenvalue weighted by Crippen LogP contribution is 2.14. The molecule has 1 amide bonds. The van der Waals surface area contributed by atoms with Gasteiger partial charge in [0.1, 0.15) is 0 Å². The second-order valence-electron chi connectivity index (χ2n) is 6.73. The van der Waals surface area contributed by atoms with Gasteiger partial charge in [-0.15, -0.1) is 0 Å². The summed E-state index contributed by atoms with van der Waals surface area (Å²) in [5.74, 6) is -0.180. The van der Waals surface area contributed by atoms with Crippen LogP contribution in [0.1, 0.15) is 11.1 Å². The normalized spacial score (nSPS) is 11.4. The van der Waals surface area contributed by atoms with Crippen LogP contribution in [0.4, 0.5) is 5.69 Å². The van der Waals surface area contributed by atoms with Gasteiger partial charge in [-0.2, -0.15) is 0 Å². The zero-order valence-corrected chi connectivity index (χ0v) is 16.7. The number of hydrogen-bond donors (Lipinski definition) is 2. The van der Waals surface area contributed by atoms with E-state index in [2.05, 4.69) is 10.2 Å². The first-order valence-corrected chi connectivity index (χ1v) is 10.7. The number of anilines is 1. The summed E-state index contributed by atoms with van der Waals surface area (Å²) in [6.45, 7) is 1.46. The molecule has 0 aliphatic rings. The summed E-state index contributed by atoms with van der Waals surface area (Å²) < 4.78 is 22.7. The van der Waals surface area contributed by atoms with E-state index >= 15 is 0 Å². The van der Waals surface area contributed by atoms with E-state index in [1.54, 1.807) is 0 Å². The number of rotatable bonds is 8. The third kappa shape index (κ3) is 6.53. The van der Waals surface area contributed by atoms with Gasteiger partial charge >= 0.3 is 0 Å². The highest BCUT2D eigenvalue weighted by atomic mass is 32.2. The molecule has 29 heavy (non-hydrogen) atoms. The molecule has 3 aromatic carbocycles. The van der Waals surface area contributed by atoms with Crippen LogP contribution in [0.2, 0.25) is 0 Å². The van der Waals surface area contributed by atoms with Gasteiger partial charge in [0.15, 0.2) is 0 Å². The van der Waals surface area contributed by atoms with E-state index in [0.29, 0.717) is 18.8 Å². The molecule has 3 aromatic rings.